The lowest BCUT2D eigenvalue weighted by Crippen LogP contribution is -2.23. The molecule has 0 rings (SSSR count). The Balaban J connectivity index is 3.27. The van der Waals surface area contributed by atoms with Gasteiger partial charge in [-0.3, -0.25) is 4.79 Å². The minimum Gasteiger partial charge on any atom is -0.469 e. The highest BCUT2D eigenvalue weighted by Gasteiger charge is 2.03. The van der Waals surface area contributed by atoms with Crippen molar-refractivity contribution in [3.8, 4) is 0 Å². The first-order valence-electron chi connectivity index (χ1n) is 5.03. The Hall–Kier alpha value is -0.220. The van der Waals surface area contributed by atoms with Crippen molar-refractivity contribution in [3.63, 3.8) is 0 Å². The zero-order chi connectivity index (χ0) is 10.8. The fourth-order valence-electron chi connectivity index (χ4n) is 1.08. The molecule has 0 aliphatic heterocycles. The van der Waals surface area contributed by atoms with Crippen molar-refractivity contribution >= 4 is 17.7 Å². The maximum Gasteiger partial charge on any atom is 0.306 e. The lowest BCUT2D eigenvalue weighted by molar-refractivity contribution is -0.140. The van der Waals surface area contributed by atoms with E-state index in [-0.39, 0.29) is 5.97 Å². The van der Waals surface area contributed by atoms with Crippen molar-refractivity contribution in [2.45, 2.75) is 19.8 Å². The van der Waals surface area contributed by atoms with Crippen LogP contribution in [0.5, 0.6) is 0 Å². The quantitative estimate of drug-likeness (QED) is 0.458. The second-order valence-electron chi connectivity index (χ2n) is 3.18. The molecule has 84 valence electrons. The van der Waals surface area contributed by atoms with E-state index in [1.165, 1.54) is 25.0 Å². The van der Waals surface area contributed by atoms with Crippen LogP contribution in [-0.4, -0.2) is 49.6 Å². The number of carbonyl (C=O) groups excluding carboxylic acids is 1. The van der Waals surface area contributed by atoms with Crippen molar-refractivity contribution in [1.29, 1.82) is 0 Å². The Morgan fingerprint density at radius 2 is 2.14 bits per heavy atom. The van der Waals surface area contributed by atoms with Crippen molar-refractivity contribution in [2.24, 2.45) is 0 Å². The molecule has 0 aromatic rings. The first kappa shape index (κ1) is 13.8. The molecule has 0 aromatic carbocycles. The van der Waals surface area contributed by atoms with Gasteiger partial charge in [0.2, 0.25) is 0 Å². The predicted octanol–water partition coefficient (Wildman–Crippen LogP) is 1.62. The summed E-state index contributed by atoms with van der Waals surface area (Å²) in [6.07, 6.45) is 1.68. The smallest absolute Gasteiger partial charge is 0.306 e. The summed E-state index contributed by atoms with van der Waals surface area (Å²) in [7, 11) is 3.47. The maximum absolute atomic E-state index is 10.8. The molecule has 3 nitrogen and oxygen atoms in total. The summed E-state index contributed by atoms with van der Waals surface area (Å²) in [5.74, 6) is 2.27. The van der Waals surface area contributed by atoms with Gasteiger partial charge in [-0.2, -0.15) is 11.8 Å². The van der Waals surface area contributed by atoms with Crippen LogP contribution in [0.4, 0.5) is 0 Å². The molecule has 0 aliphatic carbocycles. The second kappa shape index (κ2) is 9.34. The number of rotatable bonds is 8. The van der Waals surface area contributed by atoms with Gasteiger partial charge in [0.1, 0.15) is 0 Å². The van der Waals surface area contributed by atoms with E-state index in [9.17, 15) is 4.79 Å². The maximum atomic E-state index is 10.8. The van der Waals surface area contributed by atoms with Crippen molar-refractivity contribution in [3.05, 3.63) is 0 Å². The van der Waals surface area contributed by atoms with E-state index in [0.717, 1.165) is 13.1 Å². The number of hydrogen-bond acceptors (Lipinski definition) is 4. The Bertz CT molecular complexity index is 153. The third kappa shape index (κ3) is 8.38. The van der Waals surface area contributed by atoms with E-state index in [2.05, 4.69) is 16.6 Å². The monoisotopic (exact) mass is 219 g/mol. The lowest BCUT2D eigenvalue weighted by Gasteiger charge is -2.15. The molecule has 14 heavy (non-hydrogen) atoms. The molecule has 0 heterocycles. The Labute approximate surface area is 91.2 Å². The fourth-order valence-corrected chi connectivity index (χ4v) is 1.70. The predicted molar refractivity (Wildman–Crippen MR) is 61.7 cm³/mol. The van der Waals surface area contributed by atoms with E-state index in [1.54, 1.807) is 0 Å². The molecule has 0 aliphatic rings. The summed E-state index contributed by atoms with van der Waals surface area (Å²) >= 11 is 1.96. The molecule has 0 N–H and O–H groups in total. The Kier molecular flexibility index (Phi) is 9.19. The van der Waals surface area contributed by atoms with Gasteiger partial charge in [-0.25, -0.2) is 0 Å². The molecule has 0 radical (unpaired) electrons. The third-order valence-corrected chi connectivity index (χ3v) is 2.94. The van der Waals surface area contributed by atoms with E-state index >= 15 is 0 Å². The zero-order valence-electron chi connectivity index (χ0n) is 9.41. The number of methoxy groups -OCH3 is 1. The van der Waals surface area contributed by atoms with Crippen LogP contribution in [0.15, 0.2) is 0 Å². The van der Waals surface area contributed by atoms with Crippen molar-refractivity contribution in [2.75, 3.05) is 38.8 Å². The van der Waals surface area contributed by atoms with Crippen molar-refractivity contribution < 1.29 is 9.53 Å². The van der Waals surface area contributed by atoms with Crippen LogP contribution in [0, 0.1) is 0 Å². The minimum atomic E-state index is -0.125. The highest BCUT2D eigenvalue weighted by molar-refractivity contribution is 7.99. The number of carbonyl (C=O) groups is 1. The SMILES string of the molecule is CCSCCCN(C)CCC(=O)OC. The number of thioether (sulfide) groups is 1. The van der Waals surface area contributed by atoms with Gasteiger partial charge in [0.05, 0.1) is 13.5 Å². The van der Waals surface area contributed by atoms with E-state index in [1.807, 2.05) is 18.8 Å². The van der Waals surface area contributed by atoms with Crippen LogP contribution in [0.3, 0.4) is 0 Å². The summed E-state index contributed by atoms with van der Waals surface area (Å²) in [4.78, 5) is 13.0. The summed E-state index contributed by atoms with van der Waals surface area (Å²) in [5.41, 5.74) is 0. The molecule has 0 aromatic heterocycles. The first-order valence-corrected chi connectivity index (χ1v) is 6.19. The fraction of sp³-hybridized carbons (Fsp3) is 0.900. The van der Waals surface area contributed by atoms with E-state index in [4.69, 9.17) is 0 Å². The minimum absolute atomic E-state index is 0.125. The second-order valence-corrected chi connectivity index (χ2v) is 4.57. The summed E-state index contributed by atoms with van der Waals surface area (Å²) in [5, 5.41) is 0. The molecule has 0 bridgehead atoms. The van der Waals surface area contributed by atoms with E-state index < -0.39 is 0 Å². The van der Waals surface area contributed by atoms with Gasteiger partial charge in [-0.15, -0.1) is 0 Å². The van der Waals surface area contributed by atoms with Crippen LogP contribution in [-0.2, 0) is 9.53 Å². The first-order chi connectivity index (χ1) is 6.70. The molecule has 0 atom stereocenters. The zero-order valence-corrected chi connectivity index (χ0v) is 10.2. The molecule has 4 heteroatoms. The van der Waals surface area contributed by atoms with Crippen LogP contribution < -0.4 is 0 Å². The van der Waals surface area contributed by atoms with Crippen molar-refractivity contribution in [1.82, 2.24) is 4.90 Å². The van der Waals surface area contributed by atoms with Crippen LogP contribution in [0.25, 0.3) is 0 Å². The normalized spacial score (nSPS) is 10.6. The number of ether oxygens (including phenoxy) is 1. The van der Waals surface area contributed by atoms with Crippen LogP contribution in [0.1, 0.15) is 19.8 Å². The highest BCUT2D eigenvalue weighted by Crippen LogP contribution is 2.01. The molecule has 0 saturated carbocycles. The van der Waals surface area contributed by atoms with Gasteiger partial charge in [0.25, 0.3) is 0 Å². The Morgan fingerprint density at radius 1 is 1.43 bits per heavy atom. The van der Waals surface area contributed by atoms with Gasteiger partial charge >= 0.3 is 5.97 Å². The average molecular weight is 219 g/mol. The molecule has 0 unspecified atom stereocenters. The average Bonchev–Trinajstić information content (AvgIpc) is 2.21. The van der Waals surface area contributed by atoms with Crippen LogP contribution in [0.2, 0.25) is 0 Å². The number of nitrogens with zero attached hydrogens (tertiary/aromatic N) is 1. The number of hydrogen-bond donors (Lipinski definition) is 0. The topological polar surface area (TPSA) is 29.5 Å². The molecule has 0 saturated heterocycles. The van der Waals surface area contributed by atoms with Gasteiger partial charge in [-0.05, 0) is 31.5 Å². The largest absolute Gasteiger partial charge is 0.469 e. The number of esters is 1. The standard InChI is InChI=1S/C10H21NO2S/c1-4-14-9-5-7-11(2)8-6-10(12)13-3/h4-9H2,1-3H3. The summed E-state index contributed by atoms with van der Waals surface area (Å²) < 4.78 is 4.57. The third-order valence-electron chi connectivity index (χ3n) is 1.96. The lowest BCUT2D eigenvalue weighted by atomic mass is 10.3. The van der Waals surface area contributed by atoms with Gasteiger partial charge in [0, 0.05) is 6.54 Å². The molecular weight excluding hydrogens is 198 g/mol. The van der Waals surface area contributed by atoms with Gasteiger partial charge in [-0.1, -0.05) is 6.92 Å². The van der Waals surface area contributed by atoms with Crippen LogP contribution >= 0.6 is 11.8 Å². The van der Waals surface area contributed by atoms with Gasteiger partial charge < -0.3 is 9.64 Å². The van der Waals surface area contributed by atoms with E-state index in [0.29, 0.717) is 6.42 Å². The van der Waals surface area contributed by atoms with Gasteiger partial charge in [0.15, 0.2) is 0 Å². The molecule has 0 fully saturated rings. The molecule has 0 spiro atoms. The Morgan fingerprint density at radius 3 is 2.71 bits per heavy atom. The molecular formula is C10H21NO2S. The molecule has 0 amide bonds. The summed E-state index contributed by atoms with van der Waals surface area (Å²) in [6.45, 7) is 4.03. The summed E-state index contributed by atoms with van der Waals surface area (Å²) in [6, 6.07) is 0. The highest BCUT2D eigenvalue weighted by atomic mass is 32.2.